The van der Waals surface area contributed by atoms with Gasteiger partial charge >= 0.3 is 0 Å². The van der Waals surface area contributed by atoms with E-state index in [2.05, 4.69) is 33.9 Å². The highest BCUT2D eigenvalue weighted by molar-refractivity contribution is 7.99. The van der Waals surface area contributed by atoms with Crippen molar-refractivity contribution in [2.24, 2.45) is 23.2 Å². The second kappa shape index (κ2) is 6.78. The molecule has 0 radical (unpaired) electrons. The van der Waals surface area contributed by atoms with E-state index in [1.807, 2.05) is 0 Å². The largest absolute Gasteiger partial charge is 0.352 e. The van der Waals surface area contributed by atoms with E-state index in [1.165, 1.54) is 51.4 Å². The van der Waals surface area contributed by atoms with Crippen molar-refractivity contribution in [3.05, 3.63) is 5.82 Å². The summed E-state index contributed by atoms with van der Waals surface area (Å²) >= 11 is 1.54. The van der Waals surface area contributed by atoms with Gasteiger partial charge in [-0.25, -0.2) is 0 Å². The Labute approximate surface area is 166 Å². The van der Waals surface area contributed by atoms with Gasteiger partial charge in [-0.05, 0) is 88.4 Å². The summed E-state index contributed by atoms with van der Waals surface area (Å²) in [4.78, 5) is 12.7. The molecule has 5 saturated carbocycles. The van der Waals surface area contributed by atoms with Crippen molar-refractivity contribution in [3.8, 4) is 0 Å². The number of aromatic nitrogens is 3. The lowest BCUT2D eigenvalue weighted by Gasteiger charge is -2.59. The Hall–Kier alpha value is -1.04. The summed E-state index contributed by atoms with van der Waals surface area (Å²) in [7, 11) is 0. The van der Waals surface area contributed by atoms with Crippen LogP contribution in [-0.2, 0) is 11.3 Å². The zero-order valence-electron chi connectivity index (χ0n) is 16.6. The summed E-state index contributed by atoms with van der Waals surface area (Å²) in [6.45, 7) is 5.27. The Kier molecular flexibility index (Phi) is 4.53. The number of thioether (sulfide) groups is 1. The number of hydrogen-bond acceptors (Lipinski definition) is 4. The van der Waals surface area contributed by atoms with Crippen molar-refractivity contribution in [3.63, 3.8) is 0 Å². The Bertz CT molecular complexity index is 690. The minimum Gasteiger partial charge on any atom is -0.352 e. The zero-order chi connectivity index (χ0) is 18.6. The van der Waals surface area contributed by atoms with Crippen molar-refractivity contribution in [1.29, 1.82) is 0 Å². The van der Waals surface area contributed by atoms with Crippen molar-refractivity contribution < 1.29 is 4.79 Å². The summed E-state index contributed by atoms with van der Waals surface area (Å²) in [5, 5.41) is 13.0. The first-order valence-electron chi connectivity index (χ1n) is 10.9. The van der Waals surface area contributed by atoms with Gasteiger partial charge in [0.15, 0.2) is 5.16 Å². The lowest BCUT2D eigenvalue weighted by atomic mass is 9.48. The molecule has 0 aromatic carbocycles. The molecule has 0 unspecified atom stereocenters. The van der Waals surface area contributed by atoms with Gasteiger partial charge in [0.25, 0.3) is 0 Å². The standard InChI is InChI=1S/C21H32N4OS/c1-3-25-19(17-4-5-17)23-24-20(25)27-12-18(26)22-13(2)21-9-14-6-15(10-21)8-16(7-14)11-21/h13-17H,3-12H2,1-2H3,(H,22,26)/t13-,14?,15?,16?,21?/m1/s1. The number of amides is 1. The molecular formula is C21H32N4OS. The van der Waals surface area contributed by atoms with Crippen molar-refractivity contribution in [2.45, 2.75) is 88.9 Å². The van der Waals surface area contributed by atoms with Crippen molar-refractivity contribution in [2.75, 3.05) is 5.75 Å². The molecule has 5 aliphatic carbocycles. The molecular weight excluding hydrogens is 356 g/mol. The minimum atomic E-state index is 0.155. The van der Waals surface area contributed by atoms with Crippen LogP contribution in [0.1, 0.15) is 77.0 Å². The number of nitrogens with zero attached hydrogens (tertiary/aromatic N) is 3. The van der Waals surface area contributed by atoms with Gasteiger partial charge < -0.3 is 9.88 Å². The molecule has 1 N–H and O–H groups in total. The Balaban J connectivity index is 1.19. The molecule has 4 bridgehead atoms. The summed E-state index contributed by atoms with van der Waals surface area (Å²) in [6.07, 6.45) is 10.8. The van der Waals surface area contributed by atoms with Gasteiger partial charge in [0.1, 0.15) is 5.82 Å². The molecule has 1 heterocycles. The molecule has 0 aliphatic heterocycles. The van der Waals surface area contributed by atoms with Crippen LogP contribution in [0.25, 0.3) is 0 Å². The molecule has 5 nitrogen and oxygen atoms in total. The molecule has 27 heavy (non-hydrogen) atoms. The predicted octanol–water partition coefficient (Wildman–Crippen LogP) is 3.99. The van der Waals surface area contributed by atoms with Gasteiger partial charge in [-0.1, -0.05) is 11.8 Å². The molecule has 6 heteroatoms. The molecule has 5 fully saturated rings. The maximum atomic E-state index is 12.7. The van der Waals surface area contributed by atoms with Crippen LogP contribution in [0.4, 0.5) is 0 Å². The zero-order valence-corrected chi connectivity index (χ0v) is 17.4. The van der Waals surface area contributed by atoms with Crippen LogP contribution in [0.2, 0.25) is 0 Å². The molecule has 1 atom stereocenters. The third-order valence-corrected chi connectivity index (χ3v) is 8.68. The first kappa shape index (κ1) is 18.0. The van der Waals surface area contributed by atoms with Gasteiger partial charge in [0, 0.05) is 18.5 Å². The molecule has 5 aliphatic rings. The average molecular weight is 389 g/mol. The summed E-state index contributed by atoms with van der Waals surface area (Å²) in [6, 6.07) is 0.296. The Morgan fingerprint density at radius 2 is 1.81 bits per heavy atom. The van der Waals surface area contributed by atoms with Crippen molar-refractivity contribution >= 4 is 17.7 Å². The van der Waals surface area contributed by atoms with Crippen LogP contribution in [-0.4, -0.2) is 32.5 Å². The molecule has 1 aromatic rings. The SMILES string of the molecule is CCn1c(SCC(=O)N[C@H](C)C23CC4CC(CC(C4)C2)C3)nnc1C1CC1. The fourth-order valence-electron chi connectivity index (χ4n) is 6.62. The van der Waals surface area contributed by atoms with Crippen LogP contribution in [0.15, 0.2) is 5.16 Å². The van der Waals surface area contributed by atoms with Gasteiger partial charge in [-0.3, -0.25) is 4.79 Å². The number of carbonyl (C=O) groups excluding carboxylic acids is 1. The third-order valence-electron chi connectivity index (χ3n) is 7.72. The maximum absolute atomic E-state index is 12.7. The monoisotopic (exact) mass is 388 g/mol. The number of nitrogens with one attached hydrogen (secondary N) is 1. The van der Waals surface area contributed by atoms with E-state index in [0.717, 1.165) is 35.3 Å². The molecule has 0 spiro atoms. The second-order valence-corrected chi connectivity index (χ2v) is 10.7. The Morgan fingerprint density at radius 3 is 2.37 bits per heavy atom. The molecule has 6 rings (SSSR count). The Morgan fingerprint density at radius 1 is 1.19 bits per heavy atom. The fourth-order valence-corrected chi connectivity index (χ4v) is 7.44. The molecule has 148 valence electrons. The van der Waals surface area contributed by atoms with Crippen LogP contribution < -0.4 is 5.32 Å². The molecule has 1 amide bonds. The summed E-state index contributed by atoms with van der Waals surface area (Å²) in [5.74, 6) is 5.08. The number of rotatable bonds is 7. The van der Waals surface area contributed by atoms with E-state index >= 15 is 0 Å². The highest BCUT2D eigenvalue weighted by Gasteiger charge is 2.53. The first-order chi connectivity index (χ1) is 13.1. The van der Waals surface area contributed by atoms with Gasteiger partial charge in [-0.2, -0.15) is 0 Å². The van der Waals surface area contributed by atoms with Crippen LogP contribution in [0, 0.1) is 23.2 Å². The highest BCUT2D eigenvalue weighted by Crippen LogP contribution is 2.61. The smallest absolute Gasteiger partial charge is 0.230 e. The highest BCUT2D eigenvalue weighted by atomic mass is 32.2. The van der Waals surface area contributed by atoms with Crippen LogP contribution in [0.5, 0.6) is 0 Å². The van der Waals surface area contributed by atoms with E-state index in [-0.39, 0.29) is 5.91 Å². The van der Waals surface area contributed by atoms with Gasteiger partial charge in [0.2, 0.25) is 5.91 Å². The van der Waals surface area contributed by atoms with E-state index in [1.54, 1.807) is 11.8 Å². The normalized spacial score (nSPS) is 35.4. The van der Waals surface area contributed by atoms with Gasteiger partial charge in [-0.15, -0.1) is 10.2 Å². The third kappa shape index (κ3) is 3.32. The van der Waals surface area contributed by atoms with Gasteiger partial charge in [0.05, 0.1) is 5.75 Å². The van der Waals surface area contributed by atoms with E-state index in [9.17, 15) is 4.79 Å². The summed E-state index contributed by atoms with van der Waals surface area (Å²) in [5.41, 5.74) is 0.373. The van der Waals surface area contributed by atoms with E-state index < -0.39 is 0 Å². The van der Waals surface area contributed by atoms with Crippen molar-refractivity contribution in [1.82, 2.24) is 20.1 Å². The average Bonchev–Trinajstić information content (AvgIpc) is 3.38. The van der Waals surface area contributed by atoms with E-state index in [0.29, 0.717) is 23.1 Å². The molecule has 1 aromatic heterocycles. The topological polar surface area (TPSA) is 59.8 Å². The first-order valence-corrected chi connectivity index (χ1v) is 11.9. The number of carbonyl (C=O) groups is 1. The molecule has 0 saturated heterocycles. The summed E-state index contributed by atoms with van der Waals surface area (Å²) < 4.78 is 2.19. The minimum absolute atomic E-state index is 0.155. The second-order valence-electron chi connectivity index (χ2n) is 9.72. The number of hydrogen-bond donors (Lipinski definition) is 1. The predicted molar refractivity (Wildman–Crippen MR) is 107 cm³/mol. The fraction of sp³-hybridized carbons (Fsp3) is 0.857. The van der Waals surface area contributed by atoms with Crippen LogP contribution >= 0.6 is 11.8 Å². The van der Waals surface area contributed by atoms with E-state index in [4.69, 9.17) is 0 Å². The van der Waals surface area contributed by atoms with Crippen LogP contribution in [0.3, 0.4) is 0 Å². The quantitative estimate of drug-likeness (QED) is 0.718. The lowest BCUT2D eigenvalue weighted by molar-refractivity contribution is -0.123. The lowest BCUT2D eigenvalue weighted by Crippen LogP contribution is -2.56. The maximum Gasteiger partial charge on any atom is 0.230 e.